The van der Waals surface area contributed by atoms with E-state index in [1.807, 2.05) is 19.1 Å². The molecule has 3 heteroatoms. The third kappa shape index (κ3) is 2.69. The van der Waals surface area contributed by atoms with Crippen LogP contribution in [0.4, 0.5) is 0 Å². The van der Waals surface area contributed by atoms with E-state index in [1.165, 1.54) is 0 Å². The number of carboxylic acid groups (broad SMARTS) is 1. The maximum atomic E-state index is 11.9. The average molecular weight is 220 g/mol. The van der Waals surface area contributed by atoms with Crippen LogP contribution >= 0.6 is 0 Å². The van der Waals surface area contributed by atoms with Gasteiger partial charge in [-0.05, 0) is 6.92 Å². The van der Waals surface area contributed by atoms with Crippen LogP contribution in [-0.2, 0) is 4.79 Å². The van der Waals surface area contributed by atoms with Gasteiger partial charge in [0.05, 0.1) is 5.92 Å². The standard InChI is InChI=1S/C13H16O3/c1-8-4-6-11(7-5-8)12(14)9(2)10(3)13(15)16/h4-7,9-10H,1-3H3,(H,15,16). The first-order chi connectivity index (χ1) is 7.43. The number of aryl methyl sites for hydroxylation is 1. The van der Waals surface area contributed by atoms with Crippen LogP contribution in [0.1, 0.15) is 29.8 Å². The van der Waals surface area contributed by atoms with Crippen LogP contribution in [0, 0.1) is 18.8 Å². The summed E-state index contributed by atoms with van der Waals surface area (Å²) in [5.41, 5.74) is 1.65. The third-order valence-electron chi connectivity index (χ3n) is 2.89. The first-order valence-corrected chi connectivity index (χ1v) is 5.27. The molecule has 0 radical (unpaired) electrons. The summed E-state index contributed by atoms with van der Waals surface area (Å²) in [4.78, 5) is 22.7. The average Bonchev–Trinajstić information content (AvgIpc) is 2.27. The normalized spacial score (nSPS) is 14.2. The first kappa shape index (κ1) is 12.4. The summed E-state index contributed by atoms with van der Waals surface area (Å²) in [6.45, 7) is 5.15. The molecule has 0 aromatic heterocycles. The van der Waals surface area contributed by atoms with Gasteiger partial charge in [-0.25, -0.2) is 0 Å². The quantitative estimate of drug-likeness (QED) is 0.793. The number of ketones is 1. The predicted molar refractivity (Wildman–Crippen MR) is 61.5 cm³/mol. The lowest BCUT2D eigenvalue weighted by molar-refractivity contribution is -0.142. The minimum Gasteiger partial charge on any atom is -0.481 e. The lowest BCUT2D eigenvalue weighted by Crippen LogP contribution is -2.25. The van der Waals surface area contributed by atoms with Crippen LogP contribution in [-0.4, -0.2) is 16.9 Å². The Balaban J connectivity index is 2.86. The molecule has 0 bridgehead atoms. The number of carbonyl (C=O) groups is 2. The van der Waals surface area contributed by atoms with Gasteiger partial charge in [0.1, 0.15) is 0 Å². The molecule has 0 spiro atoms. The second-order valence-electron chi connectivity index (χ2n) is 4.15. The molecular formula is C13H16O3. The number of aliphatic carboxylic acids is 1. The van der Waals surface area contributed by atoms with E-state index in [-0.39, 0.29) is 5.78 Å². The molecule has 1 aromatic carbocycles. The summed E-state index contributed by atoms with van der Waals surface area (Å²) in [6, 6.07) is 7.18. The van der Waals surface area contributed by atoms with E-state index in [0.717, 1.165) is 5.56 Å². The van der Waals surface area contributed by atoms with Gasteiger partial charge in [0.2, 0.25) is 0 Å². The van der Waals surface area contributed by atoms with Gasteiger partial charge in [-0.1, -0.05) is 43.7 Å². The summed E-state index contributed by atoms with van der Waals surface area (Å²) in [5.74, 6) is -2.21. The SMILES string of the molecule is Cc1ccc(C(=O)C(C)C(C)C(=O)O)cc1. The fraction of sp³-hybridized carbons (Fsp3) is 0.385. The van der Waals surface area contributed by atoms with Crippen molar-refractivity contribution in [3.8, 4) is 0 Å². The highest BCUT2D eigenvalue weighted by Crippen LogP contribution is 2.17. The van der Waals surface area contributed by atoms with E-state index in [2.05, 4.69) is 0 Å². The van der Waals surface area contributed by atoms with Crippen molar-refractivity contribution in [2.24, 2.45) is 11.8 Å². The van der Waals surface area contributed by atoms with Crippen LogP contribution < -0.4 is 0 Å². The highest BCUT2D eigenvalue weighted by atomic mass is 16.4. The van der Waals surface area contributed by atoms with Crippen molar-refractivity contribution in [3.05, 3.63) is 35.4 Å². The summed E-state index contributed by atoms with van der Waals surface area (Å²) in [7, 11) is 0. The number of hydrogen-bond acceptors (Lipinski definition) is 2. The van der Waals surface area contributed by atoms with E-state index < -0.39 is 17.8 Å². The molecule has 0 aliphatic rings. The molecule has 1 rings (SSSR count). The van der Waals surface area contributed by atoms with Crippen molar-refractivity contribution in [2.75, 3.05) is 0 Å². The molecule has 1 N–H and O–H groups in total. The highest BCUT2D eigenvalue weighted by Gasteiger charge is 2.26. The van der Waals surface area contributed by atoms with Gasteiger partial charge in [0, 0.05) is 11.5 Å². The maximum Gasteiger partial charge on any atom is 0.306 e. The molecule has 0 aliphatic heterocycles. The third-order valence-corrected chi connectivity index (χ3v) is 2.89. The number of rotatable bonds is 4. The second kappa shape index (κ2) is 4.92. The monoisotopic (exact) mass is 220 g/mol. The van der Waals surface area contributed by atoms with Gasteiger partial charge < -0.3 is 5.11 Å². The lowest BCUT2D eigenvalue weighted by atomic mass is 9.88. The zero-order valence-electron chi connectivity index (χ0n) is 9.73. The molecule has 3 nitrogen and oxygen atoms in total. The molecule has 86 valence electrons. The van der Waals surface area contributed by atoms with E-state index in [4.69, 9.17) is 5.11 Å². The Bertz CT molecular complexity index is 392. The zero-order valence-corrected chi connectivity index (χ0v) is 9.73. The Labute approximate surface area is 95.1 Å². The van der Waals surface area contributed by atoms with Crippen molar-refractivity contribution in [2.45, 2.75) is 20.8 Å². The van der Waals surface area contributed by atoms with Gasteiger partial charge in [-0.15, -0.1) is 0 Å². The summed E-state index contributed by atoms with van der Waals surface area (Å²) >= 11 is 0. The summed E-state index contributed by atoms with van der Waals surface area (Å²) in [6.07, 6.45) is 0. The Morgan fingerprint density at radius 2 is 1.56 bits per heavy atom. The van der Waals surface area contributed by atoms with Gasteiger partial charge >= 0.3 is 5.97 Å². The van der Waals surface area contributed by atoms with Gasteiger partial charge in [-0.3, -0.25) is 9.59 Å². The van der Waals surface area contributed by atoms with Crippen molar-refractivity contribution in [3.63, 3.8) is 0 Å². The van der Waals surface area contributed by atoms with E-state index in [1.54, 1.807) is 26.0 Å². The van der Waals surface area contributed by atoms with Crippen LogP contribution in [0.2, 0.25) is 0 Å². The molecule has 0 fully saturated rings. The van der Waals surface area contributed by atoms with Gasteiger partial charge in [-0.2, -0.15) is 0 Å². The fourth-order valence-electron chi connectivity index (χ4n) is 1.42. The minimum atomic E-state index is -0.937. The van der Waals surface area contributed by atoms with Crippen molar-refractivity contribution < 1.29 is 14.7 Å². The maximum absolute atomic E-state index is 11.9. The van der Waals surface area contributed by atoms with Crippen LogP contribution in [0.3, 0.4) is 0 Å². The number of carboxylic acids is 1. The number of carbonyl (C=O) groups excluding carboxylic acids is 1. The molecule has 1 aromatic rings. The Morgan fingerprint density at radius 3 is 2.00 bits per heavy atom. The van der Waals surface area contributed by atoms with Crippen LogP contribution in [0.5, 0.6) is 0 Å². The predicted octanol–water partition coefficient (Wildman–Crippen LogP) is 2.53. The Morgan fingerprint density at radius 1 is 1.06 bits per heavy atom. The molecule has 0 saturated heterocycles. The molecule has 16 heavy (non-hydrogen) atoms. The zero-order chi connectivity index (χ0) is 12.3. The van der Waals surface area contributed by atoms with Gasteiger partial charge in [0.15, 0.2) is 5.78 Å². The minimum absolute atomic E-state index is 0.116. The van der Waals surface area contributed by atoms with E-state index in [0.29, 0.717) is 5.56 Å². The largest absolute Gasteiger partial charge is 0.481 e. The van der Waals surface area contributed by atoms with Crippen molar-refractivity contribution in [1.29, 1.82) is 0 Å². The van der Waals surface area contributed by atoms with Crippen molar-refractivity contribution >= 4 is 11.8 Å². The van der Waals surface area contributed by atoms with E-state index >= 15 is 0 Å². The molecule has 0 amide bonds. The summed E-state index contributed by atoms with van der Waals surface area (Å²) < 4.78 is 0. The van der Waals surface area contributed by atoms with Gasteiger partial charge in [0.25, 0.3) is 0 Å². The Hall–Kier alpha value is -1.64. The molecule has 2 unspecified atom stereocenters. The van der Waals surface area contributed by atoms with Crippen LogP contribution in [0.15, 0.2) is 24.3 Å². The first-order valence-electron chi connectivity index (χ1n) is 5.27. The molecule has 0 saturated carbocycles. The Kier molecular flexibility index (Phi) is 3.82. The number of Topliss-reactive ketones (excluding diaryl/α,β-unsaturated/α-hetero) is 1. The fourth-order valence-corrected chi connectivity index (χ4v) is 1.42. The molecule has 0 heterocycles. The molecular weight excluding hydrogens is 204 g/mol. The topological polar surface area (TPSA) is 54.4 Å². The lowest BCUT2D eigenvalue weighted by Gasteiger charge is -2.14. The molecule has 0 aliphatic carbocycles. The molecule has 2 atom stereocenters. The van der Waals surface area contributed by atoms with Crippen LogP contribution in [0.25, 0.3) is 0 Å². The smallest absolute Gasteiger partial charge is 0.306 e. The number of hydrogen-bond donors (Lipinski definition) is 1. The number of benzene rings is 1. The van der Waals surface area contributed by atoms with Crippen molar-refractivity contribution in [1.82, 2.24) is 0 Å². The van der Waals surface area contributed by atoms with E-state index in [9.17, 15) is 9.59 Å². The highest BCUT2D eigenvalue weighted by molar-refractivity contribution is 5.99. The summed E-state index contributed by atoms with van der Waals surface area (Å²) in [5, 5.41) is 8.84. The second-order valence-corrected chi connectivity index (χ2v) is 4.15.